The summed E-state index contributed by atoms with van der Waals surface area (Å²) in [4.78, 5) is 18.6. The van der Waals surface area contributed by atoms with Crippen molar-refractivity contribution in [3.8, 4) is 11.5 Å². The highest BCUT2D eigenvalue weighted by Crippen LogP contribution is 2.31. The van der Waals surface area contributed by atoms with Crippen LogP contribution in [0, 0.1) is 0 Å². The van der Waals surface area contributed by atoms with Crippen molar-refractivity contribution < 1.29 is 19.0 Å². The largest absolute Gasteiger partial charge is 0.493 e. The molecular weight excluding hydrogens is 262 g/mol. The molecule has 0 saturated heterocycles. The van der Waals surface area contributed by atoms with Gasteiger partial charge in [0.2, 0.25) is 5.95 Å². The van der Waals surface area contributed by atoms with Crippen LogP contribution in [0.3, 0.4) is 0 Å². The number of benzene rings is 1. The Morgan fingerprint density at radius 1 is 1.30 bits per heavy atom. The number of rotatable bonds is 6. The second kappa shape index (κ2) is 6.14. The normalized spacial score (nSPS) is 10.3. The Bertz CT molecular complexity index is 568. The van der Waals surface area contributed by atoms with Crippen molar-refractivity contribution in [2.45, 2.75) is 6.92 Å². The molecule has 0 aliphatic carbocycles. The minimum Gasteiger partial charge on any atom is -0.493 e. The zero-order valence-electron chi connectivity index (χ0n) is 11.6. The molecule has 0 spiro atoms. The number of aromatic nitrogens is 2. The number of aromatic amines is 1. The van der Waals surface area contributed by atoms with Crippen molar-refractivity contribution in [2.24, 2.45) is 0 Å². The monoisotopic (exact) mass is 279 g/mol. The second-order valence-corrected chi connectivity index (χ2v) is 3.97. The Labute approximate surface area is 116 Å². The summed E-state index contributed by atoms with van der Waals surface area (Å²) in [6.07, 6.45) is 0. The van der Waals surface area contributed by atoms with Crippen LogP contribution in [0.1, 0.15) is 6.92 Å². The fourth-order valence-corrected chi connectivity index (χ4v) is 1.79. The van der Waals surface area contributed by atoms with Crippen LogP contribution in [0.25, 0.3) is 11.0 Å². The van der Waals surface area contributed by atoms with Gasteiger partial charge < -0.3 is 24.5 Å². The van der Waals surface area contributed by atoms with Gasteiger partial charge in [-0.1, -0.05) is 0 Å². The first-order valence-corrected chi connectivity index (χ1v) is 6.19. The number of nitrogens with one attached hydrogen (secondary N) is 2. The molecule has 1 aromatic carbocycles. The van der Waals surface area contributed by atoms with Gasteiger partial charge in [-0.05, 0) is 6.92 Å². The van der Waals surface area contributed by atoms with Crippen LogP contribution < -0.4 is 14.8 Å². The Balaban J connectivity index is 2.18. The lowest BCUT2D eigenvalue weighted by molar-refractivity contribution is -0.140. The number of imidazole rings is 1. The summed E-state index contributed by atoms with van der Waals surface area (Å²) >= 11 is 0. The quantitative estimate of drug-likeness (QED) is 0.780. The summed E-state index contributed by atoms with van der Waals surface area (Å²) in [6.45, 7) is 2.18. The number of anilines is 1. The van der Waals surface area contributed by atoms with Crippen LogP contribution in [-0.2, 0) is 9.53 Å². The van der Waals surface area contributed by atoms with Crippen LogP contribution >= 0.6 is 0 Å². The van der Waals surface area contributed by atoms with Crippen molar-refractivity contribution in [1.82, 2.24) is 9.97 Å². The minimum absolute atomic E-state index is 0.0575. The van der Waals surface area contributed by atoms with E-state index >= 15 is 0 Å². The standard InChI is InChI=1S/C13H17N3O4/c1-4-20-12(17)7-14-13-15-8-5-10(18-2)11(19-3)6-9(8)16-13/h5-6H,4,7H2,1-3H3,(H2,14,15,16). The molecule has 0 radical (unpaired) electrons. The highest BCUT2D eigenvalue weighted by Gasteiger charge is 2.10. The van der Waals surface area contributed by atoms with Crippen molar-refractivity contribution in [3.63, 3.8) is 0 Å². The highest BCUT2D eigenvalue weighted by molar-refractivity contribution is 5.82. The number of ether oxygens (including phenoxy) is 3. The molecular formula is C13H17N3O4. The van der Waals surface area contributed by atoms with Gasteiger partial charge in [-0.2, -0.15) is 0 Å². The average Bonchev–Trinajstić information content (AvgIpc) is 2.85. The molecule has 2 rings (SSSR count). The SMILES string of the molecule is CCOC(=O)CNc1nc2cc(OC)c(OC)cc2[nH]1. The van der Waals surface area contributed by atoms with Gasteiger partial charge >= 0.3 is 5.97 Å². The summed E-state index contributed by atoms with van der Waals surface area (Å²) < 4.78 is 15.3. The Hall–Kier alpha value is -2.44. The molecule has 0 atom stereocenters. The van der Waals surface area contributed by atoms with E-state index in [1.54, 1.807) is 33.3 Å². The maximum absolute atomic E-state index is 11.3. The number of fused-ring (bicyclic) bond motifs is 1. The number of nitrogens with zero attached hydrogens (tertiary/aromatic N) is 1. The molecule has 2 N–H and O–H groups in total. The molecule has 0 amide bonds. The third kappa shape index (κ3) is 2.93. The molecule has 0 saturated carbocycles. The lowest BCUT2D eigenvalue weighted by Crippen LogP contribution is -2.17. The van der Waals surface area contributed by atoms with Crippen LogP contribution in [-0.4, -0.2) is 43.3 Å². The first-order valence-electron chi connectivity index (χ1n) is 6.19. The maximum Gasteiger partial charge on any atom is 0.325 e. The molecule has 1 aromatic heterocycles. The summed E-state index contributed by atoms with van der Waals surface area (Å²) in [6, 6.07) is 3.55. The van der Waals surface area contributed by atoms with Crippen molar-refractivity contribution >= 4 is 23.0 Å². The Morgan fingerprint density at radius 2 is 2.00 bits per heavy atom. The van der Waals surface area contributed by atoms with Crippen molar-refractivity contribution in [2.75, 3.05) is 32.7 Å². The number of carbonyl (C=O) groups is 1. The van der Waals surface area contributed by atoms with Gasteiger partial charge in [-0.3, -0.25) is 4.79 Å². The van der Waals surface area contributed by atoms with Gasteiger partial charge in [0.1, 0.15) is 6.54 Å². The molecule has 7 nitrogen and oxygen atoms in total. The number of esters is 1. The highest BCUT2D eigenvalue weighted by atomic mass is 16.5. The molecule has 20 heavy (non-hydrogen) atoms. The predicted molar refractivity (Wildman–Crippen MR) is 74.3 cm³/mol. The third-order valence-corrected chi connectivity index (χ3v) is 2.69. The van der Waals surface area contributed by atoms with Crippen LogP contribution in [0.15, 0.2) is 12.1 Å². The van der Waals surface area contributed by atoms with Crippen LogP contribution in [0.5, 0.6) is 11.5 Å². The zero-order valence-corrected chi connectivity index (χ0v) is 11.6. The Morgan fingerprint density at radius 3 is 2.65 bits per heavy atom. The summed E-state index contributed by atoms with van der Waals surface area (Å²) in [5.74, 6) is 1.37. The summed E-state index contributed by atoms with van der Waals surface area (Å²) in [5, 5.41) is 2.87. The zero-order chi connectivity index (χ0) is 14.5. The first kappa shape index (κ1) is 14.0. The molecule has 0 aliphatic rings. The van der Waals surface area contributed by atoms with E-state index < -0.39 is 0 Å². The molecule has 0 unspecified atom stereocenters. The lowest BCUT2D eigenvalue weighted by Gasteiger charge is -2.06. The van der Waals surface area contributed by atoms with E-state index in [9.17, 15) is 4.79 Å². The molecule has 1 heterocycles. The van der Waals surface area contributed by atoms with E-state index in [0.29, 0.717) is 29.6 Å². The van der Waals surface area contributed by atoms with Gasteiger partial charge in [-0.15, -0.1) is 0 Å². The van der Waals surface area contributed by atoms with Crippen LogP contribution in [0.4, 0.5) is 5.95 Å². The van der Waals surface area contributed by atoms with Crippen molar-refractivity contribution in [3.05, 3.63) is 12.1 Å². The van der Waals surface area contributed by atoms with Gasteiger partial charge in [-0.25, -0.2) is 4.98 Å². The molecule has 7 heteroatoms. The predicted octanol–water partition coefficient (Wildman–Crippen LogP) is 1.56. The minimum atomic E-state index is -0.330. The molecule has 0 bridgehead atoms. The second-order valence-electron chi connectivity index (χ2n) is 3.97. The van der Waals surface area contributed by atoms with Crippen LogP contribution in [0.2, 0.25) is 0 Å². The van der Waals surface area contributed by atoms with E-state index in [0.717, 1.165) is 5.52 Å². The number of hydrogen-bond donors (Lipinski definition) is 2. The average molecular weight is 279 g/mol. The molecule has 0 aliphatic heterocycles. The van der Waals surface area contributed by atoms with Gasteiger partial charge in [0.05, 0.1) is 31.9 Å². The summed E-state index contributed by atoms with van der Waals surface area (Å²) in [7, 11) is 3.14. The van der Waals surface area contributed by atoms with E-state index in [-0.39, 0.29) is 12.5 Å². The number of methoxy groups -OCH3 is 2. The van der Waals surface area contributed by atoms with Gasteiger partial charge in [0.25, 0.3) is 0 Å². The number of H-pyrrole nitrogens is 1. The number of carbonyl (C=O) groups excluding carboxylic acids is 1. The van der Waals surface area contributed by atoms with E-state index in [1.807, 2.05) is 0 Å². The lowest BCUT2D eigenvalue weighted by atomic mass is 10.3. The molecule has 108 valence electrons. The smallest absolute Gasteiger partial charge is 0.325 e. The van der Waals surface area contributed by atoms with E-state index in [4.69, 9.17) is 14.2 Å². The number of hydrogen-bond acceptors (Lipinski definition) is 6. The molecule has 2 aromatic rings. The first-order chi connectivity index (χ1) is 9.67. The third-order valence-electron chi connectivity index (χ3n) is 2.69. The van der Waals surface area contributed by atoms with E-state index in [1.165, 1.54) is 0 Å². The summed E-state index contributed by atoms with van der Waals surface area (Å²) in [5.41, 5.74) is 1.50. The van der Waals surface area contributed by atoms with Crippen molar-refractivity contribution in [1.29, 1.82) is 0 Å². The maximum atomic E-state index is 11.3. The molecule has 0 fully saturated rings. The van der Waals surface area contributed by atoms with Gasteiger partial charge in [0, 0.05) is 12.1 Å². The fourth-order valence-electron chi connectivity index (χ4n) is 1.79. The van der Waals surface area contributed by atoms with E-state index in [2.05, 4.69) is 15.3 Å². The topological polar surface area (TPSA) is 85.5 Å². The van der Waals surface area contributed by atoms with Gasteiger partial charge in [0.15, 0.2) is 11.5 Å². The Kier molecular flexibility index (Phi) is 4.29. The fraction of sp³-hybridized carbons (Fsp3) is 0.385.